The summed E-state index contributed by atoms with van der Waals surface area (Å²) in [6, 6.07) is 1.67. The number of carbonyl (C=O) groups is 3. The van der Waals surface area contributed by atoms with E-state index in [-0.39, 0.29) is 30.8 Å². The number of anilines is 2. The average molecular weight is 537 g/mol. The third-order valence-corrected chi connectivity index (χ3v) is 7.10. The Bertz CT molecular complexity index is 1540. The lowest BCUT2D eigenvalue weighted by atomic mass is 10.00. The molecule has 1 saturated heterocycles. The third kappa shape index (κ3) is 5.23. The van der Waals surface area contributed by atoms with E-state index in [1.807, 2.05) is 19.4 Å². The van der Waals surface area contributed by atoms with Crippen molar-refractivity contribution < 1.29 is 19.1 Å². The lowest BCUT2D eigenvalue weighted by Crippen LogP contribution is -2.55. The lowest BCUT2D eigenvalue weighted by molar-refractivity contribution is -0.124. The Labute approximate surface area is 222 Å². The Kier molecular flexibility index (Phi) is 6.39. The van der Waals surface area contributed by atoms with E-state index >= 15 is 0 Å². The van der Waals surface area contributed by atoms with Crippen LogP contribution in [0.1, 0.15) is 36.8 Å². The maximum atomic E-state index is 13.1. The standard InChI is InChI=1S/C25H28N8O4S/c1-14-19(6-17(8-26-14)29-21(34)16-11-32(12-16)24(36)37-25(2,3)4)30-22(35)18-9-28-33-13-20(38-23(18)33)15-7-27-31(5)10-15/h6-10,13,16H,11-12H2,1-5H3,(H,29,34)(H,30,35). The summed E-state index contributed by atoms with van der Waals surface area (Å²) in [5, 5.41) is 14.2. The summed E-state index contributed by atoms with van der Waals surface area (Å²) in [5.41, 5.74) is 2.30. The molecule has 4 aromatic heterocycles. The Balaban J connectivity index is 1.24. The van der Waals surface area contributed by atoms with E-state index in [2.05, 4.69) is 25.8 Å². The van der Waals surface area contributed by atoms with Gasteiger partial charge in [0.2, 0.25) is 5.91 Å². The maximum absolute atomic E-state index is 13.1. The summed E-state index contributed by atoms with van der Waals surface area (Å²) in [5.74, 6) is -0.914. The van der Waals surface area contributed by atoms with Crippen molar-refractivity contribution in [2.45, 2.75) is 33.3 Å². The Hall–Kier alpha value is -4.26. The predicted octanol–water partition coefficient (Wildman–Crippen LogP) is 3.56. The molecule has 0 unspecified atom stereocenters. The summed E-state index contributed by atoms with van der Waals surface area (Å²) < 4.78 is 8.72. The number of amides is 3. The Morgan fingerprint density at radius 1 is 1.08 bits per heavy atom. The van der Waals surface area contributed by atoms with E-state index in [1.54, 1.807) is 49.2 Å². The smallest absolute Gasteiger partial charge is 0.410 e. The SMILES string of the molecule is Cc1ncc(NC(=O)C2CN(C(=O)OC(C)(C)C)C2)cc1NC(=O)c1cnn2cc(-c3cnn(C)c3)sc12. The van der Waals surface area contributed by atoms with Crippen molar-refractivity contribution in [3.05, 3.63) is 48.3 Å². The van der Waals surface area contributed by atoms with E-state index in [1.165, 1.54) is 28.6 Å². The number of ether oxygens (including phenoxy) is 1. The van der Waals surface area contributed by atoms with E-state index in [9.17, 15) is 14.4 Å². The van der Waals surface area contributed by atoms with Crippen LogP contribution >= 0.6 is 11.3 Å². The number of thiazole rings is 1. The van der Waals surface area contributed by atoms with Crippen molar-refractivity contribution >= 4 is 45.4 Å². The van der Waals surface area contributed by atoms with Crippen molar-refractivity contribution in [2.24, 2.45) is 13.0 Å². The van der Waals surface area contributed by atoms with Crippen LogP contribution in [0.2, 0.25) is 0 Å². The molecule has 2 N–H and O–H groups in total. The van der Waals surface area contributed by atoms with Gasteiger partial charge < -0.3 is 20.3 Å². The summed E-state index contributed by atoms with van der Waals surface area (Å²) in [4.78, 5) is 45.4. The number of aryl methyl sites for hydroxylation is 2. The summed E-state index contributed by atoms with van der Waals surface area (Å²) in [6.07, 6.45) is 8.15. The van der Waals surface area contributed by atoms with Gasteiger partial charge in [0.25, 0.3) is 5.91 Å². The van der Waals surface area contributed by atoms with Crippen LogP contribution in [0.15, 0.2) is 37.1 Å². The molecule has 1 aliphatic rings. The van der Waals surface area contributed by atoms with Gasteiger partial charge in [-0.05, 0) is 33.8 Å². The fourth-order valence-corrected chi connectivity index (χ4v) is 4.94. The minimum atomic E-state index is -0.590. The molecule has 5 rings (SSSR count). The first-order chi connectivity index (χ1) is 18.0. The van der Waals surface area contributed by atoms with Crippen LogP contribution < -0.4 is 10.6 Å². The van der Waals surface area contributed by atoms with Gasteiger partial charge in [0.15, 0.2) is 0 Å². The monoisotopic (exact) mass is 536 g/mol. The molecule has 0 aromatic carbocycles. The first-order valence-corrected chi connectivity index (χ1v) is 12.8. The second kappa shape index (κ2) is 9.56. The molecule has 4 aromatic rings. The van der Waals surface area contributed by atoms with Gasteiger partial charge in [-0.1, -0.05) is 0 Å². The molecule has 0 aliphatic carbocycles. The molecule has 0 spiro atoms. The normalized spacial score (nSPS) is 13.9. The fourth-order valence-electron chi connectivity index (χ4n) is 3.91. The number of hydrogen-bond acceptors (Lipinski definition) is 8. The zero-order valence-corrected chi connectivity index (χ0v) is 22.5. The maximum Gasteiger partial charge on any atom is 0.410 e. The van der Waals surface area contributed by atoms with Crippen LogP contribution in [0.3, 0.4) is 0 Å². The number of likely N-dealkylation sites (tertiary alicyclic amines) is 1. The number of nitrogens with one attached hydrogen (secondary N) is 2. The predicted molar refractivity (Wildman–Crippen MR) is 142 cm³/mol. The van der Waals surface area contributed by atoms with Crippen molar-refractivity contribution in [3.8, 4) is 10.4 Å². The Morgan fingerprint density at radius 3 is 2.53 bits per heavy atom. The molecule has 5 heterocycles. The highest BCUT2D eigenvalue weighted by Crippen LogP contribution is 2.31. The van der Waals surface area contributed by atoms with Crippen LogP contribution in [0, 0.1) is 12.8 Å². The topological polar surface area (TPSA) is 136 Å². The van der Waals surface area contributed by atoms with Gasteiger partial charge in [-0.25, -0.2) is 9.31 Å². The number of pyridine rings is 1. The summed E-state index contributed by atoms with van der Waals surface area (Å²) >= 11 is 1.45. The molecular formula is C25H28N8O4S. The molecule has 0 saturated carbocycles. The molecule has 0 bridgehead atoms. The highest BCUT2D eigenvalue weighted by molar-refractivity contribution is 7.21. The van der Waals surface area contributed by atoms with Gasteiger partial charge in [0, 0.05) is 38.1 Å². The van der Waals surface area contributed by atoms with Crippen molar-refractivity contribution in [1.29, 1.82) is 0 Å². The molecule has 198 valence electrons. The molecule has 0 radical (unpaired) electrons. The number of nitrogens with zero attached hydrogens (tertiary/aromatic N) is 6. The van der Waals surface area contributed by atoms with E-state index in [4.69, 9.17) is 4.74 Å². The van der Waals surface area contributed by atoms with E-state index < -0.39 is 11.7 Å². The number of fused-ring (bicyclic) bond motifs is 1. The van der Waals surface area contributed by atoms with Crippen LogP contribution in [-0.2, 0) is 16.6 Å². The second-order valence-electron chi connectivity index (χ2n) is 10.2. The molecule has 1 aliphatic heterocycles. The average Bonchev–Trinajstić information content (AvgIpc) is 3.49. The first kappa shape index (κ1) is 25.4. The Morgan fingerprint density at radius 2 is 1.84 bits per heavy atom. The molecule has 3 amide bonds. The fraction of sp³-hybridized carbons (Fsp3) is 0.360. The third-order valence-electron chi connectivity index (χ3n) is 5.94. The van der Waals surface area contributed by atoms with Crippen LogP contribution in [-0.4, -0.2) is 65.9 Å². The lowest BCUT2D eigenvalue weighted by Gasteiger charge is -2.38. The van der Waals surface area contributed by atoms with Gasteiger partial charge in [0.1, 0.15) is 10.4 Å². The second-order valence-corrected chi connectivity index (χ2v) is 11.2. The van der Waals surface area contributed by atoms with Crippen molar-refractivity contribution in [3.63, 3.8) is 0 Å². The summed E-state index contributed by atoms with van der Waals surface area (Å²) in [6.45, 7) is 7.72. The summed E-state index contributed by atoms with van der Waals surface area (Å²) in [7, 11) is 1.85. The van der Waals surface area contributed by atoms with Gasteiger partial charge in [-0.3, -0.25) is 19.3 Å². The number of rotatable bonds is 5. The minimum Gasteiger partial charge on any atom is -0.444 e. The van der Waals surface area contributed by atoms with Crippen molar-refractivity contribution in [1.82, 2.24) is 29.3 Å². The van der Waals surface area contributed by atoms with Gasteiger partial charge in [-0.15, -0.1) is 11.3 Å². The van der Waals surface area contributed by atoms with E-state index in [0.29, 0.717) is 27.5 Å². The van der Waals surface area contributed by atoms with Crippen LogP contribution in [0.4, 0.5) is 16.2 Å². The highest BCUT2D eigenvalue weighted by atomic mass is 32.1. The molecular weight excluding hydrogens is 508 g/mol. The van der Waals surface area contributed by atoms with E-state index in [0.717, 1.165) is 10.4 Å². The molecule has 13 heteroatoms. The highest BCUT2D eigenvalue weighted by Gasteiger charge is 2.38. The molecule has 38 heavy (non-hydrogen) atoms. The quantitative estimate of drug-likeness (QED) is 0.398. The zero-order chi connectivity index (χ0) is 27.2. The minimum absolute atomic E-state index is 0.229. The number of carbonyl (C=O) groups excluding carboxylic acids is 3. The molecule has 1 fully saturated rings. The van der Waals surface area contributed by atoms with Gasteiger partial charge in [-0.2, -0.15) is 10.2 Å². The molecule has 12 nitrogen and oxygen atoms in total. The zero-order valence-electron chi connectivity index (χ0n) is 21.7. The molecule has 0 atom stereocenters. The number of aromatic nitrogens is 5. The van der Waals surface area contributed by atoms with Gasteiger partial charge in [0.05, 0.1) is 52.0 Å². The number of hydrogen-bond donors (Lipinski definition) is 2. The first-order valence-electron chi connectivity index (χ1n) is 12.0. The van der Waals surface area contributed by atoms with Crippen LogP contribution in [0.25, 0.3) is 15.3 Å². The van der Waals surface area contributed by atoms with Gasteiger partial charge >= 0.3 is 6.09 Å². The largest absolute Gasteiger partial charge is 0.444 e. The van der Waals surface area contributed by atoms with Crippen molar-refractivity contribution in [2.75, 3.05) is 23.7 Å². The van der Waals surface area contributed by atoms with Crippen LogP contribution in [0.5, 0.6) is 0 Å².